The van der Waals surface area contributed by atoms with E-state index in [1.165, 1.54) is 0 Å². The summed E-state index contributed by atoms with van der Waals surface area (Å²) in [7, 11) is 0. The van der Waals surface area contributed by atoms with Gasteiger partial charge < -0.3 is 4.42 Å². The fourth-order valence-electron chi connectivity index (χ4n) is 5.84. The van der Waals surface area contributed by atoms with Crippen molar-refractivity contribution in [3.8, 4) is 44.7 Å². The van der Waals surface area contributed by atoms with Gasteiger partial charge in [0.05, 0.1) is 41.1 Å². The van der Waals surface area contributed by atoms with Crippen LogP contribution >= 0.6 is 0 Å². The predicted octanol–water partition coefficient (Wildman–Crippen LogP) is 13.7. The van der Waals surface area contributed by atoms with Gasteiger partial charge in [0.25, 0.3) is 0 Å². The first-order valence-electron chi connectivity index (χ1n) is 29.4. The summed E-state index contributed by atoms with van der Waals surface area (Å²) in [5.41, 5.74) is -6.72. The van der Waals surface area contributed by atoms with E-state index in [-0.39, 0.29) is 0 Å². The molecule has 0 amide bonds. The maximum absolute atomic E-state index is 9.96. The van der Waals surface area contributed by atoms with Crippen LogP contribution in [0.25, 0.3) is 98.8 Å². The first kappa shape index (κ1) is 11.1. The van der Waals surface area contributed by atoms with Crippen molar-refractivity contribution in [3.63, 3.8) is 0 Å². The van der Waals surface area contributed by atoms with Crippen molar-refractivity contribution in [2.75, 3.05) is 0 Å². The number of hydrogen-bond acceptors (Lipinski definition) is 1. The van der Waals surface area contributed by atoms with Crippen LogP contribution in [0.5, 0.6) is 0 Å². The summed E-state index contributed by atoms with van der Waals surface area (Å²) >= 11 is 0. The Morgan fingerprint density at radius 3 is 1.49 bits per heavy atom. The Labute approximate surface area is 326 Å². The molecule has 0 N–H and O–H groups in total. The normalized spacial score (nSPS) is 20.2. The number of hydrogen-bond donors (Lipinski definition) is 0. The third-order valence-electron chi connectivity index (χ3n) is 7.87. The average molecular weight is 653 g/mol. The van der Waals surface area contributed by atoms with Gasteiger partial charge in [0, 0.05) is 22.1 Å². The molecule has 1 nitrogen and oxygen atoms in total. The highest BCUT2D eigenvalue weighted by Crippen LogP contribution is 2.50. The molecule has 0 fully saturated rings. The molecule has 10 rings (SSSR count). The lowest BCUT2D eigenvalue weighted by atomic mass is 9.84. The van der Waals surface area contributed by atoms with E-state index in [4.69, 9.17) is 31.8 Å². The summed E-state index contributed by atoms with van der Waals surface area (Å²) in [6.07, 6.45) is 0. The van der Waals surface area contributed by atoms with Crippen molar-refractivity contribution in [2.24, 2.45) is 0 Å². The van der Waals surface area contributed by atoms with E-state index in [0.29, 0.717) is 0 Å². The van der Waals surface area contributed by atoms with Crippen LogP contribution in [-0.2, 0) is 0 Å². The number of benzene rings is 9. The maximum Gasteiger partial charge on any atom is 0.143 e. The minimum absolute atomic E-state index is 0.610. The number of fused-ring (bicyclic) bond motifs is 6. The van der Waals surface area contributed by atoms with Gasteiger partial charge in [-0.3, -0.25) is 0 Å². The van der Waals surface area contributed by atoms with Crippen molar-refractivity contribution < 1.29 is 45.5 Å². The van der Waals surface area contributed by atoms with E-state index >= 15 is 0 Å². The van der Waals surface area contributed by atoms with Crippen molar-refractivity contribution in [1.82, 2.24) is 0 Å². The van der Waals surface area contributed by atoms with E-state index in [2.05, 4.69) is 0 Å². The van der Waals surface area contributed by atoms with Gasteiger partial charge in [-0.15, -0.1) is 0 Å². The molecule has 0 aliphatic carbocycles. The Hall–Kier alpha value is -6.44. The largest absolute Gasteiger partial charge is 0.455 e. The summed E-state index contributed by atoms with van der Waals surface area (Å²) in [5.74, 6) is -0.992. The maximum atomic E-state index is 9.96. The summed E-state index contributed by atoms with van der Waals surface area (Å²) in [6, 6.07) is -29.5. The molecule has 49 heavy (non-hydrogen) atoms. The molecule has 0 aliphatic heterocycles. The SMILES string of the molecule is [2H]c1c([2H])c([2H])c(-c2c([2H])c([2H])c3c(-c4c5c([2H])c([2H])c([2H])c([2H])c5c(-c5c([2H])c([2H])c([2H])c([2H])c5[2H])c5c([2H])c([2H])c([2H])c([2H])c45)c(-c4c([2H])c([2H])c5c([2H])c([2H])c6c([2H])c([2H])c([2H])c([2H])c6c5c4[2H])oc3c2[2H])c([2H])c1[2H]. The van der Waals surface area contributed by atoms with Crippen molar-refractivity contribution in [2.45, 2.75) is 0 Å². The van der Waals surface area contributed by atoms with Crippen LogP contribution in [0.15, 0.2) is 186 Å². The second-order valence-electron chi connectivity index (χ2n) is 10.5. The standard InChI is InChI=1S/C48H30O/c1-3-13-31(14-4-1)35-27-28-42-44(30-35)49-48(36-26-25-33-24-23-32-15-7-8-18-37(32)43(33)29-36)47(42)46-40-21-11-9-19-38(40)45(34-16-5-2-6-17-34)39-20-10-12-22-41(39)46/h1-30H/i1D,2D,3D,4D,5D,6D,7D,8D,9D,10D,11D,12D,13D,14D,15D,16D,17D,18D,19D,20D,21D,22D,23D,24D,25D,26D,27D,28D,29D,30D. The van der Waals surface area contributed by atoms with Gasteiger partial charge in [-0.1, -0.05) is 163 Å². The van der Waals surface area contributed by atoms with Crippen molar-refractivity contribution in [3.05, 3.63) is 181 Å². The smallest absolute Gasteiger partial charge is 0.143 e. The van der Waals surface area contributed by atoms with Crippen LogP contribution in [0.4, 0.5) is 0 Å². The van der Waals surface area contributed by atoms with Gasteiger partial charge in [0.2, 0.25) is 0 Å². The second-order valence-corrected chi connectivity index (χ2v) is 10.5. The van der Waals surface area contributed by atoms with Crippen molar-refractivity contribution in [1.29, 1.82) is 0 Å². The Bertz CT molecular complexity index is 4460. The molecule has 0 saturated carbocycles. The second kappa shape index (κ2) is 11.1. The fourth-order valence-corrected chi connectivity index (χ4v) is 5.84. The Kier molecular flexibility index (Phi) is 2.50. The van der Waals surface area contributed by atoms with E-state index in [1.807, 2.05) is 0 Å². The fraction of sp³-hybridized carbons (Fsp3) is 0. The lowest BCUT2D eigenvalue weighted by Gasteiger charge is -2.18. The van der Waals surface area contributed by atoms with E-state index in [1.54, 1.807) is 0 Å². The molecule has 0 spiro atoms. The first-order valence-corrected chi connectivity index (χ1v) is 14.4. The number of furan rings is 1. The molecule has 0 atom stereocenters. The third kappa shape index (κ3) is 4.40. The van der Waals surface area contributed by atoms with Crippen molar-refractivity contribution >= 4 is 54.1 Å². The summed E-state index contributed by atoms with van der Waals surface area (Å²) in [5, 5.41) is -6.59. The molecule has 1 heterocycles. The van der Waals surface area contributed by atoms with Gasteiger partial charge in [0.1, 0.15) is 11.3 Å². The highest BCUT2D eigenvalue weighted by Gasteiger charge is 2.24. The molecule has 0 bridgehead atoms. The first-order chi connectivity index (χ1) is 36.8. The third-order valence-corrected chi connectivity index (χ3v) is 7.87. The minimum Gasteiger partial charge on any atom is -0.455 e. The Morgan fingerprint density at radius 2 is 0.816 bits per heavy atom. The zero-order valence-corrected chi connectivity index (χ0v) is 24.4. The van der Waals surface area contributed by atoms with Crippen LogP contribution in [0.2, 0.25) is 0 Å². The molecule has 1 heteroatoms. The molecule has 228 valence electrons. The van der Waals surface area contributed by atoms with E-state index in [9.17, 15) is 13.7 Å². The summed E-state index contributed by atoms with van der Waals surface area (Å²) in [6.45, 7) is 0. The van der Waals surface area contributed by atoms with E-state index < -0.39 is 280 Å². The van der Waals surface area contributed by atoms with Gasteiger partial charge in [0.15, 0.2) is 0 Å². The molecule has 0 radical (unpaired) electrons. The van der Waals surface area contributed by atoms with Crippen LogP contribution in [0, 0.1) is 0 Å². The summed E-state index contributed by atoms with van der Waals surface area (Å²) in [4.78, 5) is 0. The van der Waals surface area contributed by atoms with Crippen LogP contribution < -0.4 is 0 Å². The zero-order chi connectivity index (χ0) is 58.4. The van der Waals surface area contributed by atoms with Gasteiger partial charge in [-0.25, -0.2) is 0 Å². The monoisotopic (exact) mass is 652 g/mol. The van der Waals surface area contributed by atoms with Crippen LogP contribution in [0.3, 0.4) is 0 Å². The molecule has 0 aliphatic rings. The zero-order valence-electron chi connectivity index (χ0n) is 54.4. The molecular weight excluding hydrogens is 593 g/mol. The topological polar surface area (TPSA) is 13.1 Å². The summed E-state index contributed by atoms with van der Waals surface area (Å²) < 4.78 is 277. The molecule has 9 aromatic carbocycles. The Morgan fingerprint density at radius 1 is 0.306 bits per heavy atom. The molecule has 1 aromatic heterocycles. The number of rotatable bonds is 4. The quantitative estimate of drug-likeness (QED) is 0.136. The van der Waals surface area contributed by atoms with Crippen LogP contribution in [-0.4, -0.2) is 0 Å². The molecule has 0 saturated heterocycles. The minimum atomic E-state index is -1.09. The van der Waals surface area contributed by atoms with Gasteiger partial charge in [-0.05, 0) is 83.5 Å². The molecular formula is C48H30O. The average Bonchev–Trinajstić information content (AvgIpc) is 3.52. The van der Waals surface area contributed by atoms with Gasteiger partial charge in [-0.2, -0.15) is 0 Å². The lowest BCUT2D eigenvalue weighted by Crippen LogP contribution is -1.91. The Balaban J connectivity index is 1.60. The van der Waals surface area contributed by atoms with Gasteiger partial charge >= 0.3 is 0 Å². The van der Waals surface area contributed by atoms with Crippen LogP contribution in [0.1, 0.15) is 41.1 Å². The highest BCUT2D eigenvalue weighted by atomic mass is 16.3. The molecule has 0 unspecified atom stereocenters. The highest BCUT2D eigenvalue weighted by molar-refractivity contribution is 6.25. The van der Waals surface area contributed by atoms with E-state index in [0.717, 1.165) is 0 Å². The lowest BCUT2D eigenvalue weighted by molar-refractivity contribution is 0.633. The predicted molar refractivity (Wildman–Crippen MR) is 208 cm³/mol. The molecule has 10 aromatic rings.